The van der Waals surface area contributed by atoms with Crippen molar-refractivity contribution >= 4 is 27.6 Å². The molecule has 0 radical (unpaired) electrons. The molecule has 0 fully saturated rings. The number of hydroxylamine groups is 1. The van der Waals surface area contributed by atoms with Crippen LogP contribution in [0.3, 0.4) is 0 Å². The van der Waals surface area contributed by atoms with Crippen LogP contribution in [0, 0.1) is 6.92 Å². The molecule has 24 heavy (non-hydrogen) atoms. The van der Waals surface area contributed by atoms with Crippen molar-refractivity contribution in [3.63, 3.8) is 0 Å². The molecule has 0 aliphatic rings. The van der Waals surface area contributed by atoms with E-state index in [4.69, 9.17) is 21.2 Å². The first-order chi connectivity index (χ1) is 11.3. The molecular formula is C16H16ClNO5S. The van der Waals surface area contributed by atoms with Gasteiger partial charge in [0.15, 0.2) is 0 Å². The van der Waals surface area contributed by atoms with Gasteiger partial charge in [-0.15, -0.1) is 0 Å². The van der Waals surface area contributed by atoms with Crippen molar-refractivity contribution in [2.24, 2.45) is 0 Å². The van der Waals surface area contributed by atoms with Gasteiger partial charge >= 0.3 is 5.97 Å². The molecule has 0 saturated heterocycles. The molecule has 0 amide bonds. The van der Waals surface area contributed by atoms with E-state index < -0.39 is 16.0 Å². The molecular weight excluding hydrogens is 354 g/mol. The van der Waals surface area contributed by atoms with Crippen molar-refractivity contribution in [1.82, 2.24) is 4.47 Å². The molecule has 6 nitrogen and oxygen atoms in total. The molecule has 0 spiro atoms. The molecule has 0 bridgehead atoms. The number of hydrogen-bond acceptors (Lipinski definition) is 5. The summed E-state index contributed by atoms with van der Waals surface area (Å²) in [5.74, 6) is -0.497. The summed E-state index contributed by atoms with van der Waals surface area (Å²) in [6.45, 7) is 1.83. The Morgan fingerprint density at radius 2 is 1.88 bits per heavy atom. The maximum atomic E-state index is 12.3. The summed E-state index contributed by atoms with van der Waals surface area (Å²) in [7, 11) is -1.37. The highest BCUT2D eigenvalue weighted by molar-refractivity contribution is 7.89. The number of sulfonamides is 1. The minimum absolute atomic E-state index is 0.0816. The van der Waals surface area contributed by atoms with Gasteiger partial charge in [-0.05, 0) is 42.8 Å². The van der Waals surface area contributed by atoms with Gasteiger partial charge in [0, 0.05) is 7.05 Å². The molecule has 0 saturated carbocycles. The van der Waals surface area contributed by atoms with Crippen molar-refractivity contribution in [1.29, 1.82) is 0 Å². The summed E-state index contributed by atoms with van der Waals surface area (Å²) in [6, 6.07) is 10.5. The van der Waals surface area contributed by atoms with Crippen LogP contribution in [-0.4, -0.2) is 33.0 Å². The average molecular weight is 370 g/mol. The zero-order chi connectivity index (χ0) is 17.9. The van der Waals surface area contributed by atoms with E-state index in [1.54, 1.807) is 18.2 Å². The summed E-state index contributed by atoms with van der Waals surface area (Å²) in [5, 5.41) is 0.289. The Balaban J connectivity index is 2.31. The van der Waals surface area contributed by atoms with Crippen molar-refractivity contribution in [3.8, 4) is 5.75 Å². The van der Waals surface area contributed by atoms with Crippen LogP contribution in [-0.2, 0) is 14.9 Å². The minimum Gasteiger partial charge on any atom is -0.421 e. The van der Waals surface area contributed by atoms with Crippen LogP contribution >= 0.6 is 11.6 Å². The number of aryl methyl sites for hydroxylation is 1. The quantitative estimate of drug-likeness (QED) is 0.460. The van der Waals surface area contributed by atoms with Crippen molar-refractivity contribution in [3.05, 3.63) is 58.6 Å². The van der Waals surface area contributed by atoms with Crippen molar-refractivity contribution in [2.45, 2.75) is 11.8 Å². The van der Waals surface area contributed by atoms with Crippen LogP contribution in [0.25, 0.3) is 0 Å². The maximum Gasteiger partial charge on any atom is 0.343 e. The topological polar surface area (TPSA) is 72.9 Å². The predicted octanol–water partition coefficient (Wildman–Crippen LogP) is 3.05. The minimum atomic E-state index is -3.86. The summed E-state index contributed by atoms with van der Waals surface area (Å²) >= 11 is 6.00. The van der Waals surface area contributed by atoms with Crippen LogP contribution in [0.5, 0.6) is 5.75 Å². The highest BCUT2D eigenvalue weighted by atomic mass is 35.5. The zero-order valence-corrected chi connectivity index (χ0v) is 14.9. The molecule has 0 N–H and O–H groups in total. The van der Waals surface area contributed by atoms with Crippen LogP contribution in [0.1, 0.15) is 15.9 Å². The smallest absolute Gasteiger partial charge is 0.343 e. The number of rotatable bonds is 5. The lowest BCUT2D eigenvalue weighted by atomic mass is 10.2. The van der Waals surface area contributed by atoms with E-state index in [1.807, 2.05) is 6.92 Å². The molecule has 0 aromatic heterocycles. The lowest BCUT2D eigenvalue weighted by molar-refractivity contribution is -0.0258. The highest BCUT2D eigenvalue weighted by Gasteiger charge is 2.22. The van der Waals surface area contributed by atoms with Crippen LogP contribution in [0.4, 0.5) is 0 Å². The second kappa shape index (κ2) is 7.31. The van der Waals surface area contributed by atoms with E-state index in [0.717, 1.165) is 5.56 Å². The molecule has 0 heterocycles. The molecule has 0 unspecified atom stereocenters. The number of benzene rings is 2. The summed E-state index contributed by atoms with van der Waals surface area (Å²) in [4.78, 5) is 16.9. The first-order valence-electron chi connectivity index (χ1n) is 6.87. The second-order valence-electron chi connectivity index (χ2n) is 4.95. The van der Waals surface area contributed by atoms with E-state index in [1.165, 1.54) is 38.4 Å². The van der Waals surface area contributed by atoms with Gasteiger partial charge in [0.25, 0.3) is 10.0 Å². The number of nitrogens with zero attached hydrogens (tertiary/aromatic N) is 1. The van der Waals surface area contributed by atoms with Gasteiger partial charge in [-0.3, -0.25) is 4.84 Å². The molecule has 0 atom stereocenters. The Bertz CT molecular complexity index is 867. The van der Waals surface area contributed by atoms with Gasteiger partial charge in [-0.2, -0.15) is 0 Å². The zero-order valence-electron chi connectivity index (χ0n) is 13.3. The molecule has 2 aromatic carbocycles. The first kappa shape index (κ1) is 18.4. The van der Waals surface area contributed by atoms with Gasteiger partial charge in [-0.25, -0.2) is 13.2 Å². The van der Waals surface area contributed by atoms with E-state index in [2.05, 4.69) is 0 Å². The number of esters is 1. The van der Waals surface area contributed by atoms with E-state index in [0.29, 0.717) is 4.47 Å². The SMILES string of the molecule is CON(C)S(=O)(=O)c1cccc(C(=O)Oc2cc(C)ccc2Cl)c1. The number of carbonyl (C=O) groups is 1. The van der Waals surface area contributed by atoms with Gasteiger partial charge in [0.1, 0.15) is 5.75 Å². The number of ether oxygens (including phenoxy) is 1. The monoisotopic (exact) mass is 369 g/mol. The Labute approximate surface area is 145 Å². The predicted molar refractivity (Wildman–Crippen MR) is 89.5 cm³/mol. The van der Waals surface area contributed by atoms with E-state index in [9.17, 15) is 13.2 Å². The van der Waals surface area contributed by atoms with Gasteiger partial charge in [0.05, 0.1) is 22.6 Å². The number of carbonyl (C=O) groups excluding carboxylic acids is 1. The molecule has 0 aliphatic carbocycles. The molecule has 128 valence electrons. The van der Waals surface area contributed by atoms with Crippen LogP contribution in [0.2, 0.25) is 5.02 Å². The average Bonchev–Trinajstić information content (AvgIpc) is 2.57. The van der Waals surface area contributed by atoms with Gasteiger partial charge in [0.2, 0.25) is 0 Å². The largest absolute Gasteiger partial charge is 0.421 e. The summed E-state index contributed by atoms with van der Waals surface area (Å²) in [5.41, 5.74) is 0.957. The fraction of sp³-hybridized carbons (Fsp3) is 0.188. The molecule has 0 aliphatic heterocycles. The van der Waals surface area contributed by atoms with Crippen LogP contribution in [0.15, 0.2) is 47.4 Å². The normalized spacial score (nSPS) is 11.5. The fourth-order valence-corrected chi connectivity index (χ4v) is 3.05. The Kier molecular flexibility index (Phi) is 5.61. The standard InChI is InChI=1S/C16H16ClNO5S/c1-11-7-8-14(17)15(9-11)23-16(19)12-5-4-6-13(10-12)24(20,21)18(2)22-3/h4-10H,1-3H3. The molecule has 2 aromatic rings. The highest BCUT2D eigenvalue weighted by Crippen LogP contribution is 2.26. The summed E-state index contributed by atoms with van der Waals surface area (Å²) < 4.78 is 30.4. The lowest BCUT2D eigenvalue weighted by Crippen LogP contribution is -2.26. The van der Waals surface area contributed by atoms with Crippen molar-refractivity contribution in [2.75, 3.05) is 14.2 Å². The van der Waals surface area contributed by atoms with Gasteiger partial charge in [-0.1, -0.05) is 28.2 Å². The molecule has 2 rings (SSSR count). The Morgan fingerprint density at radius 3 is 2.54 bits per heavy atom. The summed E-state index contributed by atoms with van der Waals surface area (Å²) in [6.07, 6.45) is 0. The van der Waals surface area contributed by atoms with E-state index in [-0.39, 0.29) is 21.2 Å². The Hall–Kier alpha value is -1.93. The van der Waals surface area contributed by atoms with Crippen LogP contribution < -0.4 is 4.74 Å². The maximum absolute atomic E-state index is 12.3. The Morgan fingerprint density at radius 1 is 1.17 bits per heavy atom. The second-order valence-corrected chi connectivity index (χ2v) is 7.29. The third-order valence-corrected chi connectivity index (χ3v) is 5.24. The first-order valence-corrected chi connectivity index (χ1v) is 8.69. The number of hydrogen-bond donors (Lipinski definition) is 0. The number of halogens is 1. The molecule has 8 heteroatoms. The third kappa shape index (κ3) is 3.93. The van der Waals surface area contributed by atoms with Gasteiger partial charge < -0.3 is 4.74 Å². The lowest BCUT2D eigenvalue weighted by Gasteiger charge is -2.14. The van der Waals surface area contributed by atoms with E-state index >= 15 is 0 Å². The van der Waals surface area contributed by atoms with Crippen molar-refractivity contribution < 1.29 is 22.8 Å². The third-order valence-electron chi connectivity index (χ3n) is 3.25. The fourth-order valence-electron chi connectivity index (χ4n) is 1.88.